The van der Waals surface area contributed by atoms with Gasteiger partial charge in [0.05, 0.1) is 5.56 Å². The van der Waals surface area contributed by atoms with Crippen molar-refractivity contribution in [2.45, 2.75) is 72.3 Å². The molecule has 0 saturated carbocycles. The molecule has 5 rings (SSSR count). The maximum absolute atomic E-state index is 13.7. The first-order valence-corrected chi connectivity index (χ1v) is 14.6. The lowest BCUT2D eigenvalue weighted by Crippen LogP contribution is -2.40. The van der Waals surface area contributed by atoms with Crippen LogP contribution < -0.4 is 0 Å². The van der Waals surface area contributed by atoms with Crippen LogP contribution in [0.4, 0.5) is 0 Å². The summed E-state index contributed by atoms with van der Waals surface area (Å²) in [6, 6.07) is 4.22. The summed E-state index contributed by atoms with van der Waals surface area (Å²) in [7, 11) is 0. The van der Waals surface area contributed by atoms with Gasteiger partial charge in [-0.3, -0.25) is 19.5 Å². The molecule has 5 nitrogen and oxygen atoms in total. The highest BCUT2D eigenvalue weighted by Gasteiger charge is 2.35. The Balaban J connectivity index is 1.29. The summed E-state index contributed by atoms with van der Waals surface area (Å²) in [5.41, 5.74) is 6.37. The smallest absolute Gasteiger partial charge is 0.255 e. The van der Waals surface area contributed by atoms with E-state index >= 15 is 0 Å². The third kappa shape index (κ3) is 5.37. The Morgan fingerprint density at radius 1 is 1.05 bits per heavy atom. The molecule has 1 aliphatic carbocycles. The fourth-order valence-electron chi connectivity index (χ4n) is 6.53. The van der Waals surface area contributed by atoms with Crippen LogP contribution >= 0.6 is 11.3 Å². The van der Waals surface area contributed by atoms with Crippen molar-refractivity contribution in [3.05, 3.63) is 73.8 Å². The molecule has 0 N–H and O–H groups in total. The van der Waals surface area contributed by atoms with E-state index in [9.17, 15) is 9.59 Å². The Labute approximate surface area is 225 Å². The number of hydrogen-bond donors (Lipinski definition) is 0. The van der Waals surface area contributed by atoms with E-state index in [-0.39, 0.29) is 11.7 Å². The number of carbonyl (C=O) groups excluding carboxylic acids is 2. The summed E-state index contributed by atoms with van der Waals surface area (Å²) in [6.45, 7) is 12.8. The standard InChI is InChI=1S/C31H39N3O2S/c1-5-25(24-8-13-33(14-9-24)18-23-6-11-32-12-7-23)30-22(4)29-28(37-30)10-15-34(31(29)36)19-26-21(3)16-20(2)17-27(26)35/h6-7,11-12,16,24-25H,5,8-10,13-15,17-19H2,1-4H3/t25-/m1/s1. The molecule has 37 heavy (non-hydrogen) atoms. The van der Waals surface area contributed by atoms with E-state index in [4.69, 9.17) is 0 Å². The van der Waals surface area contributed by atoms with Gasteiger partial charge in [0.25, 0.3) is 5.91 Å². The highest BCUT2D eigenvalue weighted by molar-refractivity contribution is 7.12. The zero-order chi connectivity index (χ0) is 26.1. The predicted octanol–water partition coefficient (Wildman–Crippen LogP) is 6.09. The van der Waals surface area contributed by atoms with E-state index < -0.39 is 0 Å². The number of aromatic nitrogens is 1. The Morgan fingerprint density at radius 2 is 1.78 bits per heavy atom. The van der Waals surface area contributed by atoms with Gasteiger partial charge < -0.3 is 4.90 Å². The Hall–Kier alpha value is -2.57. The number of rotatable bonds is 7. The van der Waals surface area contributed by atoms with Crippen molar-refractivity contribution >= 4 is 23.0 Å². The summed E-state index contributed by atoms with van der Waals surface area (Å²) in [5, 5.41) is 0. The minimum Gasteiger partial charge on any atom is -0.334 e. The Bertz CT molecular complexity index is 1230. The molecule has 1 atom stereocenters. The first-order chi connectivity index (χ1) is 17.9. The molecule has 1 saturated heterocycles. The van der Waals surface area contributed by atoms with Crippen LogP contribution in [0.3, 0.4) is 0 Å². The van der Waals surface area contributed by atoms with Gasteiger partial charge in [-0.15, -0.1) is 11.3 Å². The SMILES string of the molecule is CC[C@@H](c1sc2c(c1C)C(=O)N(CC1=C(C)C=C(C)CC1=O)CC2)C1CCN(Cc2ccncc2)CC1. The van der Waals surface area contributed by atoms with Gasteiger partial charge in [0.15, 0.2) is 5.78 Å². The molecule has 0 spiro atoms. The van der Waals surface area contributed by atoms with Crippen LogP contribution in [0.5, 0.6) is 0 Å². The lowest BCUT2D eigenvalue weighted by Gasteiger charge is -2.36. The maximum Gasteiger partial charge on any atom is 0.255 e. The van der Waals surface area contributed by atoms with Crippen LogP contribution in [0.1, 0.15) is 83.6 Å². The number of Topliss-reactive ketones (excluding diaryl/α,β-unsaturated/α-hetero) is 1. The van der Waals surface area contributed by atoms with Crippen LogP contribution in [-0.2, 0) is 17.8 Å². The lowest BCUT2D eigenvalue weighted by molar-refractivity contribution is -0.115. The van der Waals surface area contributed by atoms with Crippen molar-refractivity contribution in [1.29, 1.82) is 0 Å². The second-order valence-electron chi connectivity index (χ2n) is 11.1. The van der Waals surface area contributed by atoms with Crippen molar-refractivity contribution in [3.63, 3.8) is 0 Å². The maximum atomic E-state index is 13.7. The van der Waals surface area contributed by atoms with E-state index in [1.807, 2.05) is 42.5 Å². The lowest BCUT2D eigenvalue weighted by atomic mass is 9.80. The molecule has 4 heterocycles. The summed E-state index contributed by atoms with van der Waals surface area (Å²) in [4.78, 5) is 37.7. The van der Waals surface area contributed by atoms with E-state index in [2.05, 4.69) is 41.9 Å². The molecule has 0 radical (unpaired) electrons. The molecule has 2 aromatic heterocycles. The molecule has 1 amide bonds. The molecule has 0 aromatic carbocycles. The fraction of sp³-hybridized carbons (Fsp3) is 0.516. The highest BCUT2D eigenvalue weighted by Crippen LogP contribution is 2.44. The number of pyridine rings is 1. The summed E-state index contributed by atoms with van der Waals surface area (Å²) in [5.74, 6) is 1.45. The average Bonchev–Trinajstić information content (AvgIpc) is 3.21. The number of fused-ring (bicyclic) bond motifs is 1. The number of allylic oxidation sites excluding steroid dienone is 3. The van der Waals surface area contributed by atoms with Gasteiger partial charge in [0.2, 0.25) is 0 Å². The van der Waals surface area contributed by atoms with Crippen LogP contribution in [0.15, 0.2) is 47.3 Å². The molecular formula is C31H39N3O2S. The number of hydrogen-bond acceptors (Lipinski definition) is 5. The molecule has 6 heteroatoms. The zero-order valence-corrected chi connectivity index (χ0v) is 23.5. The van der Waals surface area contributed by atoms with E-state index in [0.29, 0.717) is 31.3 Å². The molecule has 2 aliphatic heterocycles. The third-order valence-electron chi connectivity index (χ3n) is 8.56. The van der Waals surface area contributed by atoms with Crippen LogP contribution in [0, 0.1) is 12.8 Å². The number of carbonyl (C=O) groups is 2. The quantitative estimate of drug-likeness (QED) is 0.446. The summed E-state index contributed by atoms with van der Waals surface area (Å²) in [6.07, 6.45) is 10.7. The van der Waals surface area contributed by atoms with Crippen molar-refractivity contribution in [2.75, 3.05) is 26.2 Å². The molecule has 3 aliphatic rings. The minimum absolute atomic E-state index is 0.114. The van der Waals surface area contributed by atoms with E-state index in [1.165, 1.54) is 33.7 Å². The molecule has 1 fully saturated rings. The van der Waals surface area contributed by atoms with Crippen molar-refractivity contribution < 1.29 is 9.59 Å². The zero-order valence-electron chi connectivity index (χ0n) is 22.7. The average molecular weight is 518 g/mol. The summed E-state index contributed by atoms with van der Waals surface area (Å²) < 4.78 is 0. The number of amides is 1. The highest BCUT2D eigenvalue weighted by atomic mass is 32.1. The first-order valence-electron chi connectivity index (χ1n) is 13.8. The van der Waals surface area contributed by atoms with Gasteiger partial charge in [0.1, 0.15) is 0 Å². The molecular weight excluding hydrogens is 478 g/mol. The number of ketones is 1. The number of piperidine rings is 1. The monoisotopic (exact) mass is 517 g/mol. The number of likely N-dealkylation sites (tertiary alicyclic amines) is 1. The van der Waals surface area contributed by atoms with Crippen LogP contribution in [-0.4, -0.2) is 52.7 Å². The largest absolute Gasteiger partial charge is 0.334 e. The second-order valence-corrected chi connectivity index (χ2v) is 12.2. The van der Waals surface area contributed by atoms with Crippen LogP contribution in [0.2, 0.25) is 0 Å². The molecule has 0 bridgehead atoms. The number of thiophene rings is 1. The molecule has 2 aromatic rings. The Morgan fingerprint density at radius 3 is 2.46 bits per heavy atom. The molecule has 0 unspecified atom stereocenters. The second kappa shape index (κ2) is 11.0. The fourth-order valence-corrected chi connectivity index (χ4v) is 8.10. The van der Waals surface area contributed by atoms with Gasteiger partial charge in [-0.25, -0.2) is 0 Å². The van der Waals surface area contributed by atoms with Gasteiger partial charge in [-0.1, -0.05) is 18.6 Å². The predicted molar refractivity (Wildman–Crippen MR) is 150 cm³/mol. The molecule has 196 valence electrons. The Kier molecular flexibility index (Phi) is 7.77. The van der Waals surface area contributed by atoms with Crippen molar-refractivity contribution in [3.8, 4) is 0 Å². The third-order valence-corrected chi connectivity index (χ3v) is 10.0. The van der Waals surface area contributed by atoms with Crippen molar-refractivity contribution in [2.24, 2.45) is 5.92 Å². The number of nitrogens with zero attached hydrogens (tertiary/aromatic N) is 3. The van der Waals surface area contributed by atoms with Gasteiger partial charge in [0, 0.05) is 60.2 Å². The normalized spacial score (nSPS) is 20.3. The van der Waals surface area contributed by atoms with E-state index in [1.54, 1.807) is 0 Å². The minimum atomic E-state index is 0.114. The van der Waals surface area contributed by atoms with Crippen LogP contribution in [0.25, 0.3) is 0 Å². The topological polar surface area (TPSA) is 53.5 Å². The van der Waals surface area contributed by atoms with E-state index in [0.717, 1.165) is 54.8 Å². The van der Waals surface area contributed by atoms with Gasteiger partial charge >= 0.3 is 0 Å². The van der Waals surface area contributed by atoms with Crippen molar-refractivity contribution in [1.82, 2.24) is 14.8 Å². The van der Waals surface area contributed by atoms with Gasteiger partial charge in [-0.2, -0.15) is 0 Å². The van der Waals surface area contributed by atoms with Gasteiger partial charge in [-0.05, 0) is 93.8 Å². The summed E-state index contributed by atoms with van der Waals surface area (Å²) >= 11 is 1.89. The first kappa shape index (κ1) is 26.1.